The standard InChI is InChI=1S/C7H14O4S2/c8-3-1-2-5(9)11-6(10)4-7(12)13/h5,7-9,12-13H,1-4H2. The fourth-order valence-electron chi connectivity index (χ4n) is 0.674. The van der Waals surface area contributed by atoms with Gasteiger partial charge in [0.1, 0.15) is 0 Å². The molecule has 0 bridgehead atoms. The van der Waals surface area contributed by atoms with Gasteiger partial charge >= 0.3 is 5.97 Å². The molecule has 0 amide bonds. The summed E-state index contributed by atoms with van der Waals surface area (Å²) in [7, 11) is 0. The van der Waals surface area contributed by atoms with Crippen LogP contribution >= 0.6 is 25.3 Å². The number of carbonyl (C=O) groups is 1. The van der Waals surface area contributed by atoms with Crippen LogP contribution in [0.15, 0.2) is 0 Å². The van der Waals surface area contributed by atoms with Crippen LogP contribution in [0.2, 0.25) is 0 Å². The van der Waals surface area contributed by atoms with Crippen molar-refractivity contribution in [2.24, 2.45) is 0 Å². The van der Waals surface area contributed by atoms with Gasteiger partial charge in [0, 0.05) is 13.0 Å². The Bertz CT molecular complexity index is 151. The first kappa shape index (κ1) is 13.1. The molecule has 0 aromatic carbocycles. The molecule has 1 unspecified atom stereocenters. The van der Waals surface area contributed by atoms with E-state index in [2.05, 4.69) is 30.0 Å². The highest BCUT2D eigenvalue weighted by molar-refractivity contribution is 7.99. The Labute approximate surface area is 88.1 Å². The lowest BCUT2D eigenvalue weighted by Crippen LogP contribution is -2.19. The molecule has 0 aromatic heterocycles. The third-order valence-electron chi connectivity index (χ3n) is 1.23. The molecule has 0 fully saturated rings. The van der Waals surface area contributed by atoms with Gasteiger partial charge in [0.15, 0.2) is 0 Å². The zero-order valence-electron chi connectivity index (χ0n) is 7.09. The molecule has 2 N–H and O–H groups in total. The summed E-state index contributed by atoms with van der Waals surface area (Å²) in [5.41, 5.74) is 0. The van der Waals surface area contributed by atoms with Gasteiger partial charge in [0.2, 0.25) is 6.29 Å². The molecule has 1 atom stereocenters. The lowest BCUT2D eigenvalue weighted by molar-refractivity contribution is -0.168. The second-order valence-corrected chi connectivity index (χ2v) is 4.15. The molecular weight excluding hydrogens is 212 g/mol. The van der Waals surface area contributed by atoms with Crippen LogP contribution in [-0.4, -0.2) is 33.7 Å². The predicted octanol–water partition coefficient (Wildman–Crippen LogP) is 0.196. The van der Waals surface area contributed by atoms with E-state index in [4.69, 9.17) is 10.2 Å². The highest BCUT2D eigenvalue weighted by atomic mass is 32.2. The normalized spacial score (nSPS) is 13.0. The van der Waals surface area contributed by atoms with E-state index in [1.54, 1.807) is 0 Å². The number of aliphatic hydroxyl groups is 2. The second-order valence-electron chi connectivity index (χ2n) is 2.50. The summed E-state index contributed by atoms with van der Waals surface area (Å²) in [6.45, 7) is -0.0314. The SMILES string of the molecule is O=C(CC(S)S)OC(O)CCCO. The predicted molar refractivity (Wildman–Crippen MR) is 54.8 cm³/mol. The van der Waals surface area contributed by atoms with Crippen LogP contribution in [0.5, 0.6) is 0 Å². The molecule has 0 heterocycles. The van der Waals surface area contributed by atoms with E-state index in [9.17, 15) is 4.79 Å². The molecule has 0 radical (unpaired) electrons. The third kappa shape index (κ3) is 8.42. The van der Waals surface area contributed by atoms with Crippen molar-refractivity contribution in [2.45, 2.75) is 30.1 Å². The van der Waals surface area contributed by atoms with Crippen LogP contribution in [0.4, 0.5) is 0 Å². The number of esters is 1. The Morgan fingerprint density at radius 3 is 2.54 bits per heavy atom. The molecule has 13 heavy (non-hydrogen) atoms. The summed E-state index contributed by atoms with van der Waals surface area (Å²) in [4.78, 5) is 10.9. The summed E-state index contributed by atoms with van der Waals surface area (Å²) in [6, 6.07) is 0. The first-order valence-corrected chi connectivity index (χ1v) is 4.94. The van der Waals surface area contributed by atoms with Gasteiger partial charge in [-0.3, -0.25) is 4.79 Å². The van der Waals surface area contributed by atoms with Crippen LogP contribution in [0.1, 0.15) is 19.3 Å². The number of hydrogen-bond acceptors (Lipinski definition) is 6. The maximum atomic E-state index is 10.9. The van der Waals surface area contributed by atoms with Gasteiger partial charge < -0.3 is 14.9 Å². The fraction of sp³-hybridized carbons (Fsp3) is 0.857. The number of rotatable bonds is 6. The summed E-state index contributed by atoms with van der Waals surface area (Å²) in [5, 5.41) is 17.5. The van der Waals surface area contributed by atoms with Gasteiger partial charge in [0.25, 0.3) is 0 Å². The Balaban J connectivity index is 3.53. The van der Waals surface area contributed by atoms with Gasteiger partial charge in [-0.1, -0.05) is 0 Å². The molecule has 0 spiro atoms. The van der Waals surface area contributed by atoms with Crippen molar-refractivity contribution in [3.05, 3.63) is 0 Å². The van der Waals surface area contributed by atoms with Gasteiger partial charge in [-0.05, 0) is 6.42 Å². The molecule has 0 aliphatic heterocycles. The number of thiol groups is 2. The smallest absolute Gasteiger partial charge is 0.310 e. The minimum Gasteiger partial charge on any atom is -0.436 e. The highest BCUT2D eigenvalue weighted by Crippen LogP contribution is 2.08. The van der Waals surface area contributed by atoms with Gasteiger partial charge in [-0.2, -0.15) is 25.3 Å². The molecular formula is C7H14O4S2. The third-order valence-corrected chi connectivity index (χ3v) is 1.59. The molecule has 0 rings (SSSR count). The molecule has 0 aromatic rings. The zero-order valence-corrected chi connectivity index (χ0v) is 8.88. The number of carbonyl (C=O) groups excluding carboxylic acids is 1. The number of aliphatic hydroxyl groups excluding tert-OH is 2. The van der Waals surface area contributed by atoms with E-state index in [1.807, 2.05) is 0 Å². The zero-order chi connectivity index (χ0) is 10.3. The van der Waals surface area contributed by atoms with E-state index in [0.717, 1.165) is 0 Å². The van der Waals surface area contributed by atoms with Crippen LogP contribution in [0.25, 0.3) is 0 Å². The van der Waals surface area contributed by atoms with E-state index < -0.39 is 12.3 Å². The Morgan fingerprint density at radius 1 is 1.46 bits per heavy atom. The Kier molecular flexibility index (Phi) is 7.54. The summed E-state index contributed by atoms with van der Waals surface area (Å²) in [5.74, 6) is -0.541. The lowest BCUT2D eigenvalue weighted by atomic mass is 10.3. The van der Waals surface area contributed by atoms with Crippen molar-refractivity contribution in [1.29, 1.82) is 0 Å². The van der Waals surface area contributed by atoms with Crippen LogP contribution < -0.4 is 0 Å². The van der Waals surface area contributed by atoms with Crippen molar-refractivity contribution in [1.82, 2.24) is 0 Å². The van der Waals surface area contributed by atoms with Crippen LogP contribution in [-0.2, 0) is 9.53 Å². The van der Waals surface area contributed by atoms with Gasteiger partial charge in [-0.25, -0.2) is 0 Å². The van der Waals surface area contributed by atoms with Crippen LogP contribution in [0.3, 0.4) is 0 Å². The molecule has 6 heteroatoms. The van der Waals surface area contributed by atoms with E-state index in [1.165, 1.54) is 0 Å². The van der Waals surface area contributed by atoms with E-state index in [0.29, 0.717) is 6.42 Å². The fourth-order valence-corrected chi connectivity index (χ4v) is 0.972. The van der Waals surface area contributed by atoms with Crippen molar-refractivity contribution >= 4 is 31.2 Å². The minimum absolute atomic E-state index is 0.0314. The monoisotopic (exact) mass is 226 g/mol. The number of ether oxygens (including phenoxy) is 1. The van der Waals surface area contributed by atoms with E-state index in [-0.39, 0.29) is 24.0 Å². The molecule has 4 nitrogen and oxygen atoms in total. The Hall–Kier alpha value is 0.0900. The average Bonchev–Trinajstić information content (AvgIpc) is 1.98. The first-order chi connectivity index (χ1) is 6.06. The van der Waals surface area contributed by atoms with Crippen molar-refractivity contribution in [3.63, 3.8) is 0 Å². The summed E-state index contributed by atoms with van der Waals surface area (Å²) in [6.07, 6.45) is -0.450. The maximum Gasteiger partial charge on any atom is 0.310 e. The largest absolute Gasteiger partial charge is 0.436 e. The lowest BCUT2D eigenvalue weighted by Gasteiger charge is -2.11. The molecule has 0 aliphatic carbocycles. The minimum atomic E-state index is -1.14. The molecule has 0 saturated carbocycles. The Morgan fingerprint density at radius 2 is 2.08 bits per heavy atom. The highest BCUT2D eigenvalue weighted by Gasteiger charge is 2.12. The average molecular weight is 226 g/mol. The van der Waals surface area contributed by atoms with Crippen molar-refractivity contribution in [2.75, 3.05) is 6.61 Å². The van der Waals surface area contributed by atoms with Crippen molar-refractivity contribution < 1.29 is 19.7 Å². The van der Waals surface area contributed by atoms with Gasteiger partial charge in [0.05, 0.1) is 11.0 Å². The van der Waals surface area contributed by atoms with Gasteiger partial charge in [-0.15, -0.1) is 0 Å². The topological polar surface area (TPSA) is 66.8 Å². The first-order valence-electron chi connectivity index (χ1n) is 3.90. The summed E-state index contributed by atoms with van der Waals surface area (Å²) >= 11 is 7.74. The molecule has 0 aliphatic rings. The second kappa shape index (κ2) is 7.49. The van der Waals surface area contributed by atoms with Crippen LogP contribution in [0, 0.1) is 0 Å². The molecule has 0 saturated heterocycles. The molecule has 78 valence electrons. The van der Waals surface area contributed by atoms with Crippen molar-refractivity contribution in [3.8, 4) is 0 Å². The van der Waals surface area contributed by atoms with E-state index >= 15 is 0 Å². The maximum absolute atomic E-state index is 10.9. The quantitative estimate of drug-likeness (QED) is 0.297. The summed E-state index contributed by atoms with van der Waals surface area (Å²) < 4.78 is 4.19. The number of hydrogen-bond donors (Lipinski definition) is 4.